The number of H-pyrrole nitrogens is 1. The maximum Gasteiger partial charge on any atom is 0.573 e. The Balaban J connectivity index is 1.10. The minimum absolute atomic E-state index is 0.0901. The van der Waals surface area contributed by atoms with Crippen molar-refractivity contribution in [2.45, 2.75) is 44.1 Å². The van der Waals surface area contributed by atoms with E-state index in [0.717, 1.165) is 61.9 Å². The summed E-state index contributed by atoms with van der Waals surface area (Å²) in [7, 11) is 0. The number of hydrogen-bond acceptors (Lipinski definition) is 5. The van der Waals surface area contributed by atoms with Gasteiger partial charge in [0, 0.05) is 48.7 Å². The molecule has 2 aliphatic heterocycles. The van der Waals surface area contributed by atoms with E-state index in [1.165, 1.54) is 35.2 Å². The molecule has 2 saturated heterocycles. The number of pyridine rings is 2. The molecule has 1 N–H and O–H groups in total. The molecular formula is C28H29F3N5O2. The highest BCUT2D eigenvalue weighted by Gasteiger charge is 2.35. The monoisotopic (exact) mass is 524 g/mol. The average Bonchev–Trinajstić information content (AvgIpc) is 3.41. The van der Waals surface area contributed by atoms with Crippen molar-refractivity contribution in [1.82, 2.24) is 25.2 Å². The fraction of sp³-hybridized carbons (Fsp3) is 0.429. The summed E-state index contributed by atoms with van der Waals surface area (Å²) < 4.78 is 47.2. The lowest BCUT2D eigenvalue weighted by atomic mass is 9.85. The lowest BCUT2D eigenvalue weighted by Gasteiger charge is -2.42. The third-order valence-corrected chi connectivity index (χ3v) is 7.66. The Bertz CT molecular complexity index is 1380. The first-order valence-corrected chi connectivity index (χ1v) is 13.0. The number of likely N-dealkylation sites (tertiary alicyclic amines) is 1. The molecule has 2 fully saturated rings. The minimum atomic E-state index is -4.71. The zero-order valence-electron chi connectivity index (χ0n) is 20.8. The molecule has 2 aliphatic rings. The van der Waals surface area contributed by atoms with Crippen LogP contribution in [0.1, 0.15) is 37.2 Å². The molecule has 3 aromatic heterocycles. The molecule has 0 aliphatic carbocycles. The maximum absolute atomic E-state index is 12.4. The third-order valence-electron chi connectivity index (χ3n) is 7.66. The molecule has 2 unspecified atom stereocenters. The molecule has 10 heteroatoms. The van der Waals surface area contributed by atoms with Gasteiger partial charge < -0.3 is 14.5 Å². The van der Waals surface area contributed by atoms with Crippen LogP contribution in [-0.2, 0) is 0 Å². The lowest BCUT2D eigenvalue weighted by Crippen LogP contribution is -2.53. The van der Waals surface area contributed by atoms with Crippen LogP contribution in [0.3, 0.4) is 0 Å². The number of nitrogens with zero attached hydrogens (tertiary/aromatic N) is 4. The summed E-state index contributed by atoms with van der Waals surface area (Å²) in [5.41, 5.74) is 3.14. The Kier molecular flexibility index (Phi) is 6.84. The van der Waals surface area contributed by atoms with E-state index in [9.17, 15) is 13.2 Å². The quantitative estimate of drug-likeness (QED) is 0.355. The first-order chi connectivity index (χ1) is 18.4. The van der Waals surface area contributed by atoms with Crippen LogP contribution in [0.2, 0.25) is 0 Å². The van der Waals surface area contributed by atoms with Crippen LogP contribution in [0.5, 0.6) is 11.5 Å². The molecule has 0 spiro atoms. The minimum Gasteiger partial charge on any atom is -0.493 e. The third kappa shape index (κ3) is 5.28. The van der Waals surface area contributed by atoms with Crippen LogP contribution in [-0.4, -0.2) is 58.6 Å². The Hall–Kier alpha value is -3.37. The number of halogens is 3. The summed E-state index contributed by atoms with van der Waals surface area (Å²) in [4.78, 5) is 14.7. The second-order valence-corrected chi connectivity index (χ2v) is 10.0. The number of aromatic amines is 1. The Morgan fingerprint density at radius 1 is 0.974 bits per heavy atom. The van der Waals surface area contributed by atoms with Crippen molar-refractivity contribution in [3.63, 3.8) is 0 Å². The van der Waals surface area contributed by atoms with E-state index >= 15 is 0 Å². The molecular weight excluding hydrogens is 495 g/mol. The first kappa shape index (κ1) is 24.9. The number of fused-ring (bicyclic) bond motifs is 3. The normalized spacial score (nSPS) is 21.7. The number of ether oxygens (including phenoxy) is 2. The summed E-state index contributed by atoms with van der Waals surface area (Å²) in [6.45, 7) is 3.22. The van der Waals surface area contributed by atoms with Gasteiger partial charge in [0.1, 0.15) is 17.1 Å². The van der Waals surface area contributed by atoms with Crippen molar-refractivity contribution in [1.29, 1.82) is 0 Å². The van der Waals surface area contributed by atoms with E-state index in [4.69, 9.17) is 10.1 Å². The molecule has 0 saturated carbocycles. The Morgan fingerprint density at radius 2 is 1.76 bits per heavy atom. The molecule has 1 aromatic carbocycles. The van der Waals surface area contributed by atoms with Crippen molar-refractivity contribution in [3.05, 3.63) is 60.6 Å². The predicted molar refractivity (Wildman–Crippen MR) is 137 cm³/mol. The van der Waals surface area contributed by atoms with Crippen molar-refractivity contribution in [2.24, 2.45) is 5.92 Å². The lowest BCUT2D eigenvalue weighted by molar-refractivity contribution is -0.274. The maximum atomic E-state index is 12.4. The predicted octanol–water partition coefficient (Wildman–Crippen LogP) is 5.61. The number of alkyl halides is 3. The van der Waals surface area contributed by atoms with E-state index < -0.39 is 6.36 Å². The van der Waals surface area contributed by atoms with Gasteiger partial charge in [-0.05, 0) is 73.6 Å². The van der Waals surface area contributed by atoms with Crippen molar-refractivity contribution in [3.8, 4) is 11.5 Å². The van der Waals surface area contributed by atoms with Gasteiger partial charge in [0.25, 0.3) is 0 Å². The van der Waals surface area contributed by atoms with E-state index in [0.29, 0.717) is 18.3 Å². The number of benzene rings is 1. The molecule has 38 heavy (non-hydrogen) atoms. The van der Waals surface area contributed by atoms with E-state index in [1.807, 2.05) is 18.6 Å². The summed E-state index contributed by atoms with van der Waals surface area (Å²) in [6, 6.07) is 9.80. The van der Waals surface area contributed by atoms with Crippen LogP contribution in [0.4, 0.5) is 13.2 Å². The van der Waals surface area contributed by atoms with Gasteiger partial charge in [0.2, 0.25) is 0 Å². The molecule has 5 heterocycles. The SMILES string of the molecule is FC(F)(F)Oc1ccc(OCC2CCC[N]C2N2CCC(c3ccnc4cnc5[nH]ccc5c34)CC2)cc1. The van der Waals surface area contributed by atoms with Crippen molar-refractivity contribution in [2.75, 3.05) is 26.2 Å². The highest BCUT2D eigenvalue weighted by molar-refractivity contribution is 6.05. The number of hydrogen-bond donors (Lipinski definition) is 1. The molecule has 0 bridgehead atoms. The fourth-order valence-corrected chi connectivity index (χ4v) is 5.89. The summed E-state index contributed by atoms with van der Waals surface area (Å²) >= 11 is 0. The Labute approximate surface area is 218 Å². The summed E-state index contributed by atoms with van der Waals surface area (Å²) in [6.07, 6.45) is 5.13. The smallest absolute Gasteiger partial charge is 0.493 e. The molecule has 199 valence electrons. The van der Waals surface area contributed by atoms with E-state index in [-0.39, 0.29) is 17.8 Å². The molecule has 6 rings (SSSR count). The number of aromatic nitrogens is 3. The molecule has 0 amide bonds. The highest BCUT2D eigenvalue weighted by atomic mass is 19.4. The molecule has 4 aromatic rings. The first-order valence-electron chi connectivity index (χ1n) is 13.0. The molecule has 2 atom stereocenters. The fourth-order valence-electron chi connectivity index (χ4n) is 5.89. The zero-order valence-corrected chi connectivity index (χ0v) is 20.8. The van der Waals surface area contributed by atoms with E-state index in [1.54, 1.807) is 0 Å². The number of nitrogens with one attached hydrogen (secondary N) is 1. The van der Waals surface area contributed by atoms with Gasteiger partial charge in [-0.3, -0.25) is 9.88 Å². The van der Waals surface area contributed by atoms with Crippen LogP contribution in [0, 0.1) is 5.92 Å². The number of piperidine rings is 2. The van der Waals surface area contributed by atoms with Gasteiger partial charge >= 0.3 is 6.36 Å². The van der Waals surface area contributed by atoms with Crippen LogP contribution < -0.4 is 14.8 Å². The van der Waals surface area contributed by atoms with Crippen LogP contribution in [0.25, 0.3) is 21.9 Å². The standard InChI is InChI=1S/C28H29F3N5O2/c29-28(30,31)38-21-5-3-20(4-6-21)37-17-19-2-1-11-34-27(19)36-14-9-18(10-15-36)22-7-12-32-24-16-35-26-23(25(22)24)8-13-33-26/h3-8,12-13,16,18-19,27H,1-2,9-11,14-15,17H2,(H,33,35). The van der Waals surface area contributed by atoms with Crippen molar-refractivity contribution < 1.29 is 22.6 Å². The largest absolute Gasteiger partial charge is 0.573 e. The Morgan fingerprint density at radius 3 is 2.55 bits per heavy atom. The van der Waals surface area contributed by atoms with Crippen molar-refractivity contribution >= 4 is 21.9 Å². The summed E-state index contributed by atoms with van der Waals surface area (Å²) in [5, 5.41) is 7.27. The van der Waals surface area contributed by atoms with Crippen LogP contribution in [0.15, 0.2) is 55.0 Å². The van der Waals surface area contributed by atoms with Gasteiger partial charge in [0.15, 0.2) is 0 Å². The van der Waals surface area contributed by atoms with Crippen LogP contribution >= 0.6 is 0 Å². The van der Waals surface area contributed by atoms with Gasteiger partial charge in [-0.15, -0.1) is 13.2 Å². The van der Waals surface area contributed by atoms with Gasteiger partial charge in [-0.2, -0.15) is 0 Å². The topological polar surface area (TPSA) is 77.4 Å². The van der Waals surface area contributed by atoms with E-state index in [2.05, 4.69) is 36.7 Å². The highest BCUT2D eigenvalue weighted by Crippen LogP contribution is 2.37. The number of rotatable bonds is 6. The van der Waals surface area contributed by atoms with Gasteiger partial charge in [-0.1, -0.05) is 0 Å². The molecule has 1 radical (unpaired) electrons. The molecule has 7 nitrogen and oxygen atoms in total. The van der Waals surface area contributed by atoms with Gasteiger partial charge in [-0.25, -0.2) is 10.3 Å². The zero-order chi connectivity index (χ0) is 26.1. The second kappa shape index (κ2) is 10.4. The summed E-state index contributed by atoms with van der Waals surface area (Å²) in [5.74, 6) is 0.943. The van der Waals surface area contributed by atoms with Gasteiger partial charge in [0.05, 0.1) is 24.5 Å². The second-order valence-electron chi connectivity index (χ2n) is 10.0. The average molecular weight is 525 g/mol.